The Hall–Kier alpha value is -2.20. The zero-order valence-electron chi connectivity index (χ0n) is 14.4. The maximum atomic E-state index is 13.1. The van der Waals surface area contributed by atoms with Crippen LogP contribution in [0.2, 0.25) is 19.1 Å². The molecule has 3 rings (SSSR count). The summed E-state index contributed by atoms with van der Waals surface area (Å²) in [5.74, 6) is -0.00262. The molecule has 0 unspecified atom stereocenters. The van der Waals surface area contributed by atoms with Crippen LogP contribution >= 0.6 is 0 Å². The van der Waals surface area contributed by atoms with E-state index in [0.29, 0.717) is 11.3 Å². The van der Waals surface area contributed by atoms with E-state index in [1.165, 1.54) is 12.5 Å². The van der Waals surface area contributed by atoms with Crippen molar-refractivity contribution in [2.45, 2.75) is 32.0 Å². The van der Waals surface area contributed by atoms with Gasteiger partial charge < -0.3 is 4.67 Å². The molecule has 4 heteroatoms. The molecule has 1 aliphatic heterocycles. The van der Waals surface area contributed by atoms with Crippen molar-refractivity contribution in [3.8, 4) is 0 Å². The van der Waals surface area contributed by atoms with Crippen molar-refractivity contribution in [3.63, 3.8) is 0 Å². The molecule has 3 nitrogen and oxygen atoms in total. The summed E-state index contributed by atoms with van der Waals surface area (Å²) in [5, 5.41) is 4.90. The van der Waals surface area contributed by atoms with Crippen LogP contribution in [0.4, 0.5) is 0 Å². The van der Waals surface area contributed by atoms with E-state index in [-0.39, 0.29) is 5.78 Å². The van der Waals surface area contributed by atoms with Crippen molar-refractivity contribution < 1.29 is 4.79 Å². The van der Waals surface area contributed by atoms with Gasteiger partial charge in [-0.1, -0.05) is 80.2 Å². The fraction of sp³-hybridized carbons (Fsp3) is 0.300. The van der Waals surface area contributed by atoms with Crippen LogP contribution in [0, 0.1) is 0 Å². The molecular formula is C20H24N2OSi. The zero-order chi connectivity index (χ0) is 17.0. The summed E-state index contributed by atoms with van der Waals surface area (Å²) in [6, 6.07) is 20.5. The lowest BCUT2D eigenvalue weighted by Crippen LogP contribution is -2.49. The van der Waals surface area contributed by atoms with E-state index in [1.54, 1.807) is 0 Å². The van der Waals surface area contributed by atoms with Gasteiger partial charge >= 0.3 is 0 Å². The third-order valence-corrected chi connectivity index (χ3v) is 7.92. The van der Waals surface area contributed by atoms with E-state index in [1.807, 2.05) is 60.7 Å². The molecule has 1 fully saturated rings. The monoisotopic (exact) mass is 336 g/mol. The Kier molecular flexibility index (Phi) is 4.95. The molecule has 124 valence electrons. The van der Waals surface area contributed by atoms with Gasteiger partial charge in [0.25, 0.3) is 0 Å². The molecule has 1 heterocycles. The highest BCUT2D eigenvalue weighted by atomic mass is 28.3. The first-order valence-corrected chi connectivity index (χ1v) is 11.7. The van der Waals surface area contributed by atoms with Crippen molar-refractivity contribution in [1.29, 1.82) is 0 Å². The second kappa shape index (κ2) is 7.14. The minimum atomic E-state index is -1.57. The average Bonchev–Trinajstić information content (AvgIpc) is 2.61. The van der Waals surface area contributed by atoms with Gasteiger partial charge in [-0.3, -0.25) is 4.79 Å². The number of ketones is 1. The van der Waals surface area contributed by atoms with Gasteiger partial charge in [0.05, 0.1) is 0 Å². The second-order valence-electron chi connectivity index (χ2n) is 6.90. The van der Waals surface area contributed by atoms with Crippen molar-refractivity contribution >= 4 is 19.7 Å². The first kappa shape index (κ1) is 16.6. The predicted molar refractivity (Wildman–Crippen MR) is 102 cm³/mol. The van der Waals surface area contributed by atoms with Crippen molar-refractivity contribution in [3.05, 3.63) is 71.8 Å². The lowest BCUT2D eigenvalue weighted by Gasteiger charge is -2.39. The minimum Gasteiger partial charge on any atom is -0.324 e. The Morgan fingerprint density at radius 3 is 2.08 bits per heavy atom. The van der Waals surface area contributed by atoms with Crippen molar-refractivity contribution in [2.24, 2.45) is 5.10 Å². The van der Waals surface area contributed by atoms with Crippen LogP contribution < -0.4 is 0 Å². The fourth-order valence-electron chi connectivity index (χ4n) is 3.11. The Bertz CT molecular complexity index is 726. The molecule has 1 saturated heterocycles. The quantitative estimate of drug-likeness (QED) is 0.465. The number of Topliss-reactive ketones (excluding diaryl/α,β-unsaturated/α-hetero) is 1. The van der Waals surface area contributed by atoms with E-state index in [0.717, 1.165) is 18.5 Å². The summed E-state index contributed by atoms with van der Waals surface area (Å²) < 4.78 is 2.24. The number of hydrogen-bond donors (Lipinski definition) is 0. The summed E-state index contributed by atoms with van der Waals surface area (Å²) >= 11 is 0. The third-order valence-electron chi connectivity index (χ3n) is 4.63. The van der Waals surface area contributed by atoms with E-state index in [4.69, 9.17) is 5.10 Å². The highest BCUT2D eigenvalue weighted by Crippen LogP contribution is 2.25. The third kappa shape index (κ3) is 3.65. The molecule has 0 saturated carbocycles. The Labute approximate surface area is 145 Å². The molecular weight excluding hydrogens is 312 g/mol. The number of carbonyl (C=O) groups is 1. The number of nitrogens with zero attached hydrogens (tertiary/aromatic N) is 2. The summed E-state index contributed by atoms with van der Waals surface area (Å²) in [6.07, 6.45) is 2.43. The molecule has 0 radical (unpaired) electrons. The zero-order valence-corrected chi connectivity index (χ0v) is 15.4. The lowest BCUT2D eigenvalue weighted by molar-refractivity contribution is 0.106. The average molecular weight is 337 g/mol. The summed E-state index contributed by atoms with van der Waals surface area (Å²) in [6.45, 7) is 5.63. The van der Waals surface area contributed by atoms with Gasteiger partial charge in [0, 0.05) is 17.7 Å². The molecule has 0 atom stereocenters. The minimum absolute atomic E-state index is 0.00262. The van der Waals surface area contributed by atoms with Crippen LogP contribution in [-0.4, -0.2) is 30.9 Å². The maximum Gasteiger partial charge on any atom is 0.213 e. The van der Waals surface area contributed by atoms with Gasteiger partial charge in [-0.25, -0.2) is 0 Å². The highest BCUT2D eigenvalue weighted by molar-refractivity contribution is 6.74. The molecule has 2 aromatic carbocycles. The molecule has 0 bridgehead atoms. The number of rotatable bonds is 4. The molecule has 24 heavy (non-hydrogen) atoms. The molecule has 0 N–H and O–H groups in total. The Balaban J connectivity index is 2.03. The largest absolute Gasteiger partial charge is 0.324 e. The van der Waals surface area contributed by atoms with Gasteiger partial charge in [-0.05, 0) is 12.5 Å². The summed E-state index contributed by atoms with van der Waals surface area (Å²) in [4.78, 5) is 13.1. The van der Waals surface area contributed by atoms with Crippen molar-refractivity contribution in [1.82, 2.24) is 4.67 Å². The van der Waals surface area contributed by atoms with Gasteiger partial charge in [-0.2, -0.15) is 5.10 Å². The first-order valence-electron chi connectivity index (χ1n) is 8.59. The Morgan fingerprint density at radius 2 is 1.50 bits per heavy atom. The summed E-state index contributed by atoms with van der Waals surface area (Å²) in [7, 11) is -1.57. The predicted octanol–water partition coefficient (Wildman–Crippen LogP) is 4.57. The smallest absolute Gasteiger partial charge is 0.213 e. The Morgan fingerprint density at radius 1 is 0.917 bits per heavy atom. The van der Waals surface area contributed by atoms with E-state index < -0.39 is 8.24 Å². The van der Waals surface area contributed by atoms with Gasteiger partial charge in [0.15, 0.2) is 8.24 Å². The van der Waals surface area contributed by atoms with Gasteiger partial charge in [-0.15, -0.1) is 0 Å². The first-order chi connectivity index (χ1) is 11.6. The standard InChI is InChI=1S/C20H24N2OSi/c1-24(2)16-10-9-15-22(24)21-19(17-11-5-3-6-12-17)20(23)18-13-7-4-8-14-18/h3-8,11-14H,9-10,15-16H2,1-2H3. The van der Waals surface area contributed by atoms with Crippen LogP contribution in [0.15, 0.2) is 65.8 Å². The molecule has 1 aliphatic rings. The maximum absolute atomic E-state index is 13.1. The highest BCUT2D eigenvalue weighted by Gasteiger charge is 2.32. The topological polar surface area (TPSA) is 32.7 Å². The fourth-order valence-corrected chi connectivity index (χ4v) is 5.62. The number of hydrogen-bond acceptors (Lipinski definition) is 3. The molecule has 0 spiro atoms. The van der Waals surface area contributed by atoms with Crippen molar-refractivity contribution in [2.75, 3.05) is 6.54 Å². The van der Waals surface area contributed by atoms with Crippen LogP contribution in [0.3, 0.4) is 0 Å². The van der Waals surface area contributed by atoms with Crippen LogP contribution in [0.5, 0.6) is 0 Å². The second-order valence-corrected chi connectivity index (χ2v) is 11.5. The normalized spacial score (nSPS) is 17.6. The van der Waals surface area contributed by atoms with E-state index >= 15 is 0 Å². The van der Waals surface area contributed by atoms with Gasteiger partial charge in [0.2, 0.25) is 5.78 Å². The number of benzene rings is 2. The van der Waals surface area contributed by atoms with Crippen LogP contribution in [0.25, 0.3) is 0 Å². The molecule has 0 aromatic heterocycles. The SMILES string of the molecule is C[Si]1(C)CCCCN1N=C(C(=O)c1ccccc1)c1ccccc1. The molecule has 2 aromatic rings. The van der Waals surface area contributed by atoms with E-state index in [9.17, 15) is 4.79 Å². The number of hydrazone groups is 1. The van der Waals surface area contributed by atoms with Crippen LogP contribution in [0.1, 0.15) is 28.8 Å². The molecule has 0 amide bonds. The lowest BCUT2D eigenvalue weighted by atomic mass is 10.0. The molecule has 0 aliphatic carbocycles. The van der Waals surface area contributed by atoms with Gasteiger partial charge in [0.1, 0.15) is 5.71 Å². The van der Waals surface area contributed by atoms with E-state index in [2.05, 4.69) is 17.8 Å². The summed E-state index contributed by atoms with van der Waals surface area (Å²) in [5.41, 5.74) is 2.14. The number of carbonyl (C=O) groups excluding carboxylic acids is 1. The van der Waals surface area contributed by atoms with Crippen LogP contribution in [-0.2, 0) is 0 Å².